The summed E-state index contributed by atoms with van der Waals surface area (Å²) in [5.74, 6) is -1.54. The van der Waals surface area contributed by atoms with Crippen LogP contribution in [0.15, 0.2) is 45.1 Å². The van der Waals surface area contributed by atoms with Crippen molar-refractivity contribution in [2.24, 2.45) is 0 Å². The van der Waals surface area contributed by atoms with Crippen molar-refractivity contribution in [1.82, 2.24) is 9.55 Å². The number of fused-ring (bicyclic) bond motifs is 1. The third-order valence-electron chi connectivity index (χ3n) is 4.47. The molecule has 4 rings (SSSR count). The molecule has 8 heteroatoms. The summed E-state index contributed by atoms with van der Waals surface area (Å²) in [6, 6.07) is 5.71. The zero-order valence-electron chi connectivity index (χ0n) is 13.3. The van der Waals surface area contributed by atoms with Gasteiger partial charge in [-0.15, -0.1) is 0 Å². The zero-order chi connectivity index (χ0) is 17.7. The van der Waals surface area contributed by atoms with E-state index < -0.39 is 29.0 Å². The van der Waals surface area contributed by atoms with E-state index in [9.17, 15) is 18.8 Å². The number of ether oxygens (including phenoxy) is 1. The largest absolute Gasteiger partial charge is 0.456 e. The van der Waals surface area contributed by atoms with Crippen molar-refractivity contribution in [3.8, 4) is 0 Å². The Morgan fingerprint density at radius 1 is 1.32 bits per heavy atom. The average molecular weight is 343 g/mol. The quantitative estimate of drug-likeness (QED) is 0.796. The minimum atomic E-state index is -0.806. The number of H-pyrrole nitrogens is 1. The lowest BCUT2D eigenvalue weighted by molar-refractivity contribution is -0.136. The van der Waals surface area contributed by atoms with Crippen molar-refractivity contribution in [3.05, 3.63) is 73.3 Å². The maximum absolute atomic E-state index is 13.8. The average Bonchev–Trinajstić information content (AvgIpc) is 2.94. The number of aromatic nitrogens is 2. The predicted molar refractivity (Wildman–Crippen MR) is 86.8 cm³/mol. The highest BCUT2D eigenvalue weighted by atomic mass is 19.1. The molecule has 0 saturated carbocycles. The maximum atomic E-state index is 13.8. The number of aromatic amines is 1. The summed E-state index contributed by atoms with van der Waals surface area (Å²) in [6.07, 6.45) is 0. The molecule has 2 N–H and O–H groups in total. The number of rotatable bonds is 2. The first kappa shape index (κ1) is 15.4. The van der Waals surface area contributed by atoms with Crippen molar-refractivity contribution >= 4 is 11.8 Å². The topological polar surface area (TPSA) is 93.2 Å². The van der Waals surface area contributed by atoms with Gasteiger partial charge in [-0.1, -0.05) is 12.1 Å². The Balaban J connectivity index is 2.07. The van der Waals surface area contributed by atoms with E-state index in [-0.39, 0.29) is 17.7 Å². The van der Waals surface area contributed by atoms with Gasteiger partial charge in [0, 0.05) is 6.54 Å². The van der Waals surface area contributed by atoms with Crippen LogP contribution in [-0.2, 0) is 16.1 Å². The fourth-order valence-electron chi connectivity index (χ4n) is 3.41. The van der Waals surface area contributed by atoms with Gasteiger partial charge in [-0.05, 0) is 24.6 Å². The molecule has 1 aromatic carbocycles. The number of nitrogens with zero attached hydrogens (tertiary/aromatic N) is 1. The van der Waals surface area contributed by atoms with Crippen LogP contribution in [0.2, 0.25) is 0 Å². The Hall–Kier alpha value is -3.16. The van der Waals surface area contributed by atoms with E-state index in [0.29, 0.717) is 23.6 Å². The number of esters is 1. The van der Waals surface area contributed by atoms with Crippen LogP contribution in [0.1, 0.15) is 24.0 Å². The van der Waals surface area contributed by atoms with E-state index in [2.05, 4.69) is 10.3 Å². The molecule has 0 radical (unpaired) electrons. The highest BCUT2D eigenvalue weighted by molar-refractivity contribution is 5.96. The van der Waals surface area contributed by atoms with Crippen LogP contribution < -0.4 is 16.6 Å². The van der Waals surface area contributed by atoms with Crippen molar-refractivity contribution in [1.29, 1.82) is 0 Å². The second-order valence-corrected chi connectivity index (χ2v) is 5.85. The molecule has 0 spiro atoms. The van der Waals surface area contributed by atoms with Crippen molar-refractivity contribution in [2.75, 3.05) is 11.9 Å². The number of carbonyl (C=O) groups excluding carboxylic acids is 1. The molecule has 0 fully saturated rings. The van der Waals surface area contributed by atoms with Crippen LogP contribution in [0, 0.1) is 5.82 Å². The molecule has 2 aliphatic rings. The van der Waals surface area contributed by atoms with E-state index in [1.807, 2.05) is 0 Å². The lowest BCUT2D eigenvalue weighted by Crippen LogP contribution is -2.38. The van der Waals surface area contributed by atoms with Gasteiger partial charge >= 0.3 is 11.7 Å². The standard InChI is InChI=1S/C17H14FN3O4/c1-2-21-14-13(15(22)20-17(21)24)11(8-4-3-5-9(18)6-8)12-10(19-14)7-25-16(12)23/h3-6,11,19H,2,7H2,1H3,(H,20,22,24)/t11-/m1/s1. The van der Waals surface area contributed by atoms with Gasteiger partial charge in [0.2, 0.25) is 0 Å². The van der Waals surface area contributed by atoms with Gasteiger partial charge < -0.3 is 10.1 Å². The second-order valence-electron chi connectivity index (χ2n) is 5.85. The van der Waals surface area contributed by atoms with E-state index in [1.54, 1.807) is 13.0 Å². The molecular weight excluding hydrogens is 329 g/mol. The Labute approximate surface area is 140 Å². The minimum absolute atomic E-state index is 0.0180. The van der Waals surface area contributed by atoms with Crippen LogP contribution in [0.5, 0.6) is 0 Å². The van der Waals surface area contributed by atoms with E-state index in [4.69, 9.17) is 4.74 Å². The smallest absolute Gasteiger partial charge is 0.337 e. The Bertz CT molecular complexity index is 1050. The number of anilines is 1. The third kappa shape index (κ3) is 2.21. The third-order valence-corrected chi connectivity index (χ3v) is 4.47. The van der Waals surface area contributed by atoms with Crippen LogP contribution >= 0.6 is 0 Å². The first-order chi connectivity index (χ1) is 12.0. The molecule has 0 bridgehead atoms. The Kier molecular flexibility index (Phi) is 3.34. The van der Waals surface area contributed by atoms with Gasteiger partial charge in [0.15, 0.2) is 0 Å². The van der Waals surface area contributed by atoms with E-state index >= 15 is 0 Å². The van der Waals surface area contributed by atoms with Crippen LogP contribution in [0.25, 0.3) is 0 Å². The lowest BCUT2D eigenvalue weighted by atomic mass is 9.83. The molecular formula is C17H14FN3O4. The molecule has 3 heterocycles. The van der Waals surface area contributed by atoms with Crippen LogP contribution in [0.4, 0.5) is 10.2 Å². The fraction of sp³-hybridized carbons (Fsp3) is 0.235. The van der Waals surface area contributed by atoms with Gasteiger partial charge in [-0.3, -0.25) is 14.3 Å². The van der Waals surface area contributed by atoms with Gasteiger partial charge in [-0.25, -0.2) is 14.0 Å². The Morgan fingerprint density at radius 2 is 2.12 bits per heavy atom. The first-order valence-corrected chi connectivity index (χ1v) is 7.81. The number of nitrogens with one attached hydrogen (secondary N) is 2. The monoisotopic (exact) mass is 343 g/mol. The molecule has 0 amide bonds. The van der Waals surface area contributed by atoms with Crippen molar-refractivity contribution in [3.63, 3.8) is 0 Å². The van der Waals surface area contributed by atoms with E-state index in [0.717, 1.165) is 0 Å². The van der Waals surface area contributed by atoms with Gasteiger partial charge in [0.25, 0.3) is 5.56 Å². The molecule has 1 aromatic heterocycles. The zero-order valence-corrected chi connectivity index (χ0v) is 13.3. The molecule has 7 nitrogen and oxygen atoms in total. The molecule has 128 valence electrons. The van der Waals surface area contributed by atoms with Crippen molar-refractivity contribution < 1.29 is 13.9 Å². The van der Waals surface area contributed by atoms with Gasteiger partial charge in [0.1, 0.15) is 18.2 Å². The normalized spacial score (nSPS) is 18.5. The first-order valence-electron chi connectivity index (χ1n) is 7.81. The number of benzene rings is 1. The summed E-state index contributed by atoms with van der Waals surface area (Å²) in [6.45, 7) is 2.10. The summed E-state index contributed by atoms with van der Waals surface area (Å²) in [5, 5.41) is 2.99. The van der Waals surface area contributed by atoms with Crippen LogP contribution in [-0.4, -0.2) is 22.1 Å². The number of halogens is 1. The molecule has 0 unspecified atom stereocenters. The summed E-state index contributed by atoms with van der Waals surface area (Å²) >= 11 is 0. The molecule has 1 atom stereocenters. The van der Waals surface area contributed by atoms with Gasteiger partial charge in [0.05, 0.1) is 22.8 Å². The second kappa shape index (κ2) is 5.44. The van der Waals surface area contributed by atoms with Crippen LogP contribution in [0.3, 0.4) is 0 Å². The van der Waals surface area contributed by atoms with Gasteiger partial charge in [-0.2, -0.15) is 0 Å². The number of hydrogen-bond donors (Lipinski definition) is 2. The minimum Gasteiger partial charge on any atom is -0.456 e. The van der Waals surface area contributed by atoms with E-state index in [1.165, 1.54) is 22.8 Å². The summed E-state index contributed by atoms with van der Waals surface area (Å²) in [4.78, 5) is 39.1. The summed E-state index contributed by atoms with van der Waals surface area (Å²) in [7, 11) is 0. The SMILES string of the molecule is CCn1c2c(c(=O)[nH]c1=O)[C@H](c1cccc(F)c1)C1=C(COC1=O)N2. The Morgan fingerprint density at radius 3 is 2.84 bits per heavy atom. The number of hydrogen-bond acceptors (Lipinski definition) is 5. The highest BCUT2D eigenvalue weighted by Gasteiger charge is 2.41. The number of cyclic esters (lactones) is 1. The molecule has 2 aliphatic heterocycles. The molecule has 2 aromatic rings. The number of carbonyl (C=O) groups is 1. The fourth-order valence-corrected chi connectivity index (χ4v) is 3.41. The molecule has 25 heavy (non-hydrogen) atoms. The summed E-state index contributed by atoms with van der Waals surface area (Å²) in [5.41, 5.74) is 0.234. The maximum Gasteiger partial charge on any atom is 0.337 e. The predicted octanol–water partition coefficient (Wildman–Crippen LogP) is 1.06. The summed E-state index contributed by atoms with van der Waals surface area (Å²) < 4.78 is 20.2. The molecule has 0 aliphatic carbocycles. The highest BCUT2D eigenvalue weighted by Crippen LogP contribution is 2.42. The van der Waals surface area contributed by atoms with Crippen molar-refractivity contribution in [2.45, 2.75) is 19.4 Å². The lowest BCUT2D eigenvalue weighted by Gasteiger charge is -2.27. The molecule has 0 saturated heterocycles.